The molecular weight excluding hydrogens is 470 g/mol. The van der Waals surface area contributed by atoms with Gasteiger partial charge in [-0.3, -0.25) is 14.6 Å². The van der Waals surface area contributed by atoms with Crippen LogP contribution in [0.1, 0.15) is 48.7 Å². The first kappa shape index (κ1) is 24.6. The van der Waals surface area contributed by atoms with Crippen LogP contribution in [0, 0.1) is 0 Å². The van der Waals surface area contributed by atoms with Crippen LogP contribution in [0.5, 0.6) is 0 Å². The molecule has 0 saturated carbocycles. The highest BCUT2D eigenvalue weighted by atomic mass is 16.5. The van der Waals surface area contributed by atoms with Crippen LogP contribution >= 0.6 is 0 Å². The first-order valence-electron chi connectivity index (χ1n) is 12.4. The number of ether oxygens (including phenoxy) is 1. The summed E-state index contributed by atoms with van der Waals surface area (Å²) in [5.74, 6) is 0.0908. The number of piperidine rings is 1. The van der Waals surface area contributed by atoms with Crippen molar-refractivity contribution in [2.24, 2.45) is 7.05 Å². The Labute approximate surface area is 215 Å². The van der Waals surface area contributed by atoms with Crippen LogP contribution in [0.15, 0.2) is 43.0 Å². The van der Waals surface area contributed by atoms with E-state index >= 15 is 0 Å². The highest BCUT2D eigenvalue weighted by Crippen LogP contribution is 2.35. The Morgan fingerprint density at radius 2 is 1.89 bits per heavy atom. The van der Waals surface area contributed by atoms with Crippen LogP contribution in [0.2, 0.25) is 0 Å². The van der Waals surface area contributed by atoms with E-state index in [-0.39, 0.29) is 23.4 Å². The van der Waals surface area contributed by atoms with Crippen molar-refractivity contribution in [3.8, 4) is 22.4 Å². The van der Waals surface area contributed by atoms with Crippen LogP contribution in [-0.2, 0) is 16.6 Å². The maximum absolute atomic E-state index is 12.7. The number of carbonyl (C=O) groups excluding carboxylic acids is 2. The molecule has 1 atom stereocenters. The molecule has 0 aliphatic carbocycles. The van der Waals surface area contributed by atoms with E-state index in [1.165, 1.54) is 18.5 Å². The molecule has 10 heteroatoms. The van der Waals surface area contributed by atoms with Gasteiger partial charge in [0, 0.05) is 68.4 Å². The first-order valence-corrected chi connectivity index (χ1v) is 12.4. The molecule has 2 N–H and O–H groups in total. The van der Waals surface area contributed by atoms with Gasteiger partial charge in [-0.15, -0.1) is 0 Å². The molecule has 4 aromatic rings. The normalized spacial score (nSPS) is 15.3. The number of rotatable bonds is 6. The van der Waals surface area contributed by atoms with Gasteiger partial charge in [0.25, 0.3) is 5.91 Å². The van der Waals surface area contributed by atoms with Crippen molar-refractivity contribution in [3.05, 3.63) is 54.2 Å². The summed E-state index contributed by atoms with van der Waals surface area (Å²) in [6.07, 6.45) is 8.39. The number of hydrogen-bond acceptors (Lipinski definition) is 7. The number of methoxy groups -OCH3 is 1. The molecule has 5 heterocycles. The Bertz CT molecular complexity index is 1460. The number of nitrogens with two attached hydrogens (primary N) is 1. The molecule has 10 nitrogen and oxygen atoms in total. The lowest BCUT2D eigenvalue weighted by Gasteiger charge is -2.33. The summed E-state index contributed by atoms with van der Waals surface area (Å²) >= 11 is 0. The van der Waals surface area contributed by atoms with Crippen molar-refractivity contribution in [2.75, 3.05) is 25.9 Å². The third kappa shape index (κ3) is 4.48. The van der Waals surface area contributed by atoms with Gasteiger partial charge < -0.3 is 19.9 Å². The van der Waals surface area contributed by atoms with Crippen molar-refractivity contribution in [2.45, 2.75) is 38.7 Å². The Hall–Kier alpha value is -4.05. The molecule has 4 aromatic heterocycles. The largest absolute Gasteiger partial charge is 0.383 e. The van der Waals surface area contributed by atoms with Crippen molar-refractivity contribution < 1.29 is 14.3 Å². The van der Waals surface area contributed by atoms with E-state index in [1.54, 1.807) is 19.3 Å². The van der Waals surface area contributed by atoms with Gasteiger partial charge in [0.2, 0.25) is 0 Å². The number of anilines is 1. The molecule has 1 aliphatic rings. The molecule has 0 spiro atoms. The molecule has 1 amide bonds. The van der Waals surface area contributed by atoms with Gasteiger partial charge in [0.05, 0.1) is 23.1 Å². The van der Waals surface area contributed by atoms with E-state index in [0.29, 0.717) is 42.8 Å². The number of ketones is 1. The van der Waals surface area contributed by atoms with Gasteiger partial charge in [-0.25, -0.2) is 4.98 Å². The molecule has 1 saturated heterocycles. The average Bonchev–Trinajstić information content (AvgIpc) is 3.54. The number of likely N-dealkylation sites (tertiary alicyclic amines) is 1. The van der Waals surface area contributed by atoms with Gasteiger partial charge in [-0.1, -0.05) is 6.07 Å². The lowest BCUT2D eigenvalue weighted by molar-refractivity contribution is -0.142. The number of nitrogen functional groups attached to an aromatic ring is 1. The second-order valence-electron chi connectivity index (χ2n) is 9.58. The zero-order valence-electron chi connectivity index (χ0n) is 21.5. The Kier molecular flexibility index (Phi) is 6.51. The van der Waals surface area contributed by atoms with Gasteiger partial charge in [-0.2, -0.15) is 9.61 Å². The molecule has 1 aliphatic heterocycles. The third-order valence-corrected chi connectivity index (χ3v) is 7.16. The number of nitrogens with zero attached hydrogens (tertiary/aromatic N) is 6. The summed E-state index contributed by atoms with van der Waals surface area (Å²) in [6.45, 7) is 4.38. The smallest absolute Gasteiger partial charge is 0.251 e. The minimum Gasteiger partial charge on any atom is -0.383 e. The van der Waals surface area contributed by atoms with Gasteiger partial charge in [-0.05, 0) is 38.8 Å². The van der Waals surface area contributed by atoms with Crippen LogP contribution in [0.3, 0.4) is 0 Å². The third-order valence-electron chi connectivity index (χ3n) is 7.16. The van der Waals surface area contributed by atoms with E-state index in [9.17, 15) is 9.59 Å². The maximum Gasteiger partial charge on any atom is 0.251 e. The number of aromatic nitrogens is 5. The van der Waals surface area contributed by atoms with Crippen molar-refractivity contribution in [1.82, 2.24) is 29.0 Å². The lowest BCUT2D eigenvalue weighted by atomic mass is 9.89. The van der Waals surface area contributed by atoms with Crippen molar-refractivity contribution in [1.29, 1.82) is 0 Å². The van der Waals surface area contributed by atoms with Crippen LogP contribution in [0.25, 0.3) is 28.0 Å². The van der Waals surface area contributed by atoms with E-state index in [1.807, 2.05) is 47.1 Å². The van der Waals surface area contributed by atoms with Crippen LogP contribution in [-0.4, -0.2) is 67.0 Å². The number of fused-ring (bicyclic) bond motifs is 1. The molecule has 0 radical (unpaired) electrons. The molecule has 0 bridgehead atoms. The Morgan fingerprint density at radius 1 is 1.14 bits per heavy atom. The minimum absolute atomic E-state index is 0.00515. The summed E-state index contributed by atoms with van der Waals surface area (Å²) in [4.78, 5) is 36.6. The number of aryl methyl sites for hydroxylation is 1. The number of Topliss-reactive ketones (excluding diaryl/α,β-unsaturated/α-hetero) is 1. The summed E-state index contributed by atoms with van der Waals surface area (Å²) in [5.41, 5.74) is 11.7. The summed E-state index contributed by atoms with van der Waals surface area (Å²) < 4.78 is 8.70. The number of hydrogen-bond donors (Lipinski definition) is 1. The summed E-state index contributed by atoms with van der Waals surface area (Å²) in [7, 11) is 3.51. The van der Waals surface area contributed by atoms with E-state index in [4.69, 9.17) is 15.5 Å². The van der Waals surface area contributed by atoms with Crippen LogP contribution in [0.4, 0.5) is 5.82 Å². The fourth-order valence-electron chi connectivity index (χ4n) is 5.00. The predicted octanol–water partition coefficient (Wildman–Crippen LogP) is 3.32. The first-order chi connectivity index (χ1) is 17.8. The fraction of sp³-hybridized carbons (Fsp3) is 0.370. The second-order valence-corrected chi connectivity index (χ2v) is 9.58. The quantitative estimate of drug-likeness (QED) is 0.402. The molecule has 0 unspecified atom stereocenters. The molecule has 0 aromatic carbocycles. The van der Waals surface area contributed by atoms with E-state index in [2.05, 4.69) is 10.1 Å². The van der Waals surface area contributed by atoms with Gasteiger partial charge in [0.15, 0.2) is 11.4 Å². The zero-order valence-corrected chi connectivity index (χ0v) is 21.5. The molecule has 37 heavy (non-hydrogen) atoms. The highest BCUT2D eigenvalue weighted by molar-refractivity contribution is 6.00. The fourth-order valence-corrected chi connectivity index (χ4v) is 5.00. The summed E-state index contributed by atoms with van der Waals surface area (Å²) in [5, 5.41) is 4.45. The van der Waals surface area contributed by atoms with E-state index in [0.717, 1.165) is 22.4 Å². The van der Waals surface area contributed by atoms with Crippen molar-refractivity contribution in [3.63, 3.8) is 0 Å². The lowest BCUT2D eigenvalue weighted by Crippen LogP contribution is -2.43. The van der Waals surface area contributed by atoms with Crippen LogP contribution < -0.4 is 5.73 Å². The predicted molar refractivity (Wildman–Crippen MR) is 140 cm³/mol. The topological polar surface area (TPSA) is 121 Å². The molecule has 192 valence electrons. The monoisotopic (exact) mass is 501 g/mol. The standard InChI is InChI=1S/C27H31N7O3/c1-16(35)23-24(18-8-11-33(12-9-18)27(36)17(2)37-4)31-26-21(14-30-34(26)25(23)28)19-5-6-22(29-13-19)20-7-10-32(3)15-20/h5-7,10,13-15,17-18H,8-9,11-12,28H2,1-4H3/t17-/m1/s1. The van der Waals surface area contributed by atoms with E-state index < -0.39 is 6.10 Å². The highest BCUT2D eigenvalue weighted by Gasteiger charge is 2.31. The summed E-state index contributed by atoms with van der Waals surface area (Å²) in [6, 6.07) is 5.98. The average molecular weight is 502 g/mol. The molecule has 5 rings (SSSR count). The van der Waals surface area contributed by atoms with Crippen molar-refractivity contribution >= 4 is 23.2 Å². The molecule has 1 fully saturated rings. The maximum atomic E-state index is 12.7. The molecular formula is C27H31N7O3. The zero-order chi connectivity index (χ0) is 26.3. The number of amides is 1. The van der Waals surface area contributed by atoms with Gasteiger partial charge >= 0.3 is 0 Å². The number of pyridine rings is 1. The SMILES string of the molecule is CO[C@H](C)C(=O)N1CCC(c2nc3c(-c4ccc(-c5ccn(C)c5)nc4)cnn3c(N)c2C(C)=O)CC1. The Balaban J connectivity index is 1.50. The second kappa shape index (κ2) is 9.78. The van der Waals surface area contributed by atoms with Gasteiger partial charge in [0.1, 0.15) is 11.9 Å². The minimum atomic E-state index is -0.481. The number of carbonyl (C=O) groups is 2. The Morgan fingerprint density at radius 3 is 2.49 bits per heavy atom.